The van der Waals surface area contributed by atoms with Gasteiger partial charge in [0.25, 0.3) is 5.03 Å². The van der Waals surface area contributed by atoms with E-state index in [2.05, 4.69) is 9.79 Å². The molecule has 1 atom stereocenters. The van der Waals surface area contributed by atoms with E-state index < -0.39 is 0 Å². The molecule has 0 bridgehead atoms. The highest BCUT2D eigenvalue weighted by atomic mass is 32.2. The van der Waals surface area contributed by atoms with Gasteiger partial charge < -0.3 is 9.94 Å². The monoisotopic (exact) mass is 252 g/mol. The zero-order valence-corrected chi connectivity index (χ0v) is 10.3. The largest absolute Gasteiger partial charge is 0.371 e. The van der Waals surface area contributed by atoms with Crippen molar-refractivity contribution in [3.05, 3.63) is 35.5 Å². The predicted octanol–water partition coefficient (Wildman–Crippen LogP) is 2.06. The van der Waals surface area contributed by atoms with Gasteiger partial charge in [0.05, 0.1) is 5.16 Å². The lowest BCUT2D eigenvalue weighted by molar-refractivity contribution is -0.793. The molecule has 1 aromatic carbocycles. The van der Waals surface area contributed by atoms with Crippen molar-refractivity contribution in [3.8, 4) is 11.3 Å². The van der Waals surface area contributed by atoms with Crippen LogP contribution < -0.4 is 4.90 Å². The van der Waals surface area contributed by atoms with Crippen LogP contribution in [0.4, 0.5) is 0 Å². The van der Waals surface area contributed by atoms with Crippen molar-refractivity contribution in [2.45, 2.75) is 17.4 Å². The molecule has 0 radical (unpaired) electrons. The van der Waals surface area contributed by atoms with Crippen LogP contribution in [0.25, 0.3) is 11.3 Å². The first-order valence-electron chi connectivity index (χ1n) is 5.07. The second-order valence-electron chi connectivity index (χ2n) is 3.37. The summed E-state index contributed by atoms with van der Waals surface area (Å²) in [5.74, 6) is 0. The smallest absolute Gasteiger partial charge is 0.285 e. The molecule has 1 heterocycles. The maximum atomic E-state index is 11.5. The molecule has 1 aromatic heterocycles. The minimum Gasteiger partial charge on any atom is -0.371 e. The van der Waals surface area contributed by atoms with Crippen LogP contribution in [0.5, 0.6) is 0 Å². The number of hydrogen-bond acceptors (Lipinski definition) is 5. The van der Waals surface area contributed by atoms with Gasteiger partial charge in [0.1, 0.15) is 5.44 Å². The van der Waals surface area contributed by atoms with Gasteiger partial charge in [-0.25, -0.2) is 0 Å². The topological polar surface area (TPSA) is 62.2 Å². The molecule has 0 aliphatic carbocycles. The highest BCUT2D eigenvalue weighted by molar-refractivity contribution is 7.99. The van der Waals surface area contributed by atoms with Crippen LogP contribution in [0.3, 0.4) is 0 Å². The zero-order chi connectivity index (χ0) is 12.3. The quantitative estimate of drug-likeness (QED) is 0.473. The van der Waals surface area contributed by atoms with Gasteiger partial charge in [-0.3, -0.25) is 4.63 Å². The number of rotatable bonds is 4. The average molecular weight is 252 g/mol. The Bertz CT molecular complexity index is 487. The average Bonchev–Trinajstić information content (AvgIpc) is 2.71. The molecule has 90 valence electrons. The maximum absolute atomic E-state index is 11.5. The highest BCUT2D eigenvalue weighted by Gasteiger charge is 2.23. The normalized spacial score (nSPS) is 12.6. The van der Waals surface area contributed by atoms with Crippen LogP contribution in [-0.4, -0.2) is 17.7 Å². The van der Waals surface area contributed by atoms with Crippen molar-refractivity contribution in [1.82, 2.24) is 5.16 Å². The summed E-state index contributed by atoms with van der Waals surface area (Å²) in [6.45, 7) is 1.88. The molecule has 0 fully saturated rings. The second-order valence-corrected chi connectivity index (χ2v) is 4.66. The van der Waals surface area contributed by atoms with Gasteiger partial charge in [-0.1, -0.05) is 30.3 Å². The summed E-state index contributed by atoms with van der Waals surface area (Å²) in [6, 6.07) is 9.27. The van der Waals surface area contributed by atoms with E-state index in [1.54, 1.807) is 7.11 Å². The third-order valence-electron chi connectivity index (χ3n) is 2.24. The minimum atomic E-state index is -0.0948. The Morgan fingerprint density at radius 2 is 2.12 bits per heavy atom. The molecular formula is C11H12N2O3S. The Hall–Kier alpha value is -1.53. The molecule has 0 N–H and O–H groups in total. The Kier molecular flexibility index (Phi) is 3.65. The van der Waals surface area contributed by atoms with Crippen LogP contribution in [0, 0.1) is 5.21 Å². The molecule has 0 amide bonds. The van der Waals surface area contributed by atoms with Crippen molar-refractivity contribution >= 4 is 11.8 Å². The van der Waals surface area contributed by atoms with Crippen LogP contribution in [-0.2, 0) is 4.74 Å². The van der Waals surface area contributed by atoms with Crippen molar-refractivity contribution < 1.29 is 14.3 Å². The van der Waals surface area contributed by atoms with Crippen molar-refractivity contribution in [2.24, 2.45) is 0 Å². The van der Waals surface area contributed by atoms with Crippen molar-refractivity contribution in [2.75, 3.05) is 7.11 Å². The third-order valence-corrected chi connectivity index (χ3v) is 3.26. The van der Waals surface area contributed by atoms with Gasteiger partial charge in [0, 0.05) is 12.7 Å². The molecule has 0 aliphatic rings. The third kappa shape index (κ3) is 2.59. The van der Waals surface area contributed by atoms with Crippen LogP contribution in [0.15, 0.2) is 40.0 Å². The SMILES string of the molecule is COC(C)Sc1no[n+]([O-])c1-c1ccccc1. The van der Waals surface area contributed by atoms with Gasteiger partial charge in [0.15, 0.2) is 0 Å². The van der Waals surface area contributed by atoms with E-state index in [1.165, 1.54) is 11.8 Å². The van der Waals surface area contributed by atoms with E-state index in [1.807, 2.05) is 37.3 Å². The number of ether oxygens (including phenoxy) is 1. The lowest BCUT2D eigenvalue weighted by Crippen LogP contribution is -2.25. The Morgan fingerprint density at radius 3 is 2.76 bits per heavy atom. The minimum absolute atomic E-state index is 0.0948. The molecule has 0 saturated carbocycles. The fourth-order valence-electron chi connectivity index (χ4n) is 1.34. The molecule has 1 unspecified atom stereocenters. The summed E-state index contributed by atoms with van der Waals surface area (Å²) in [5.41, 5.74) is 1.09. The molecule has 6 heteroatoms. The predicted molar refractivity (Wildman–Crippen MR) is 63.2 cm³/mol. The number of methoxy groups -OCH3 is 1. The second kappa shape index (κ2) is 5.20. The summed E-state index contributed by atoms with van der Waals surface area (Å²) in [7, 11) is 1.60. The van der Waals surface area contributed by atoms with E-state index in [4.69, 9.17) is 4.74 Å². The first-order chi connectivity index (χ1) is 8.22. The Morgan fingerprint density at radius 1 is 1.41 bits per heavy atom. The van der Waals surface area contributed by atoms with E-state index >= 15 is 0 Å². The number of aromatic nitrogens is 2. The molecular weight excluding hydrogens is 240 g/mol. The van der Waals surface area contributed by atoms with Gasteiger partial charge in [0.2, 0.25) is 5.69 Å². The number of benzene rings is 1. The zero-order valence-electron chi connectivity index (χ0n) is 9.49. The van der Waals surface area contributed by atoms with E-state index in [0.717, 1.165) is 5.56 Å². The van der Waals surface area contributed by atoms with Crippen molar-refractivity contribution in [3.63, 3.8) is 0 Å². The highest BCUT2D eigenvalue weighted by Crippen LogP contribution is 2.29. The fourth-order valence-corrected chi connectivity index (χ4v) is 2.13. The van der Waals surface area contributed by atoms with Gasteiger partial charge >= 0.3 is 0 Å². The Balaban J connectivity index is 2.36. The molecule has 17 heavy (non-hydrogen) atoms. The van der Waals surface area contributed by atoms with Crippen LogP contribution >= 0.6 is 11.8 Å². The fraction of sp³-hybridized carbons (Fsp3) is 0.273. The summed E-state index contributed by atoms with van der Waals surface area (Å²) in [6.07, 6.45) is 0. The maximum Gasteiger partial charge on any atom is 0.285 e. The summed E-state index contributed by atoms with van der Waals surface area (Å²) in [4.78, 5) is 0.417. The lowest BCUT2D eigenvalue weighted by atomic mass is 10.2. The van der Waals surface area contributed by atoms with Gasteiger partial charge in [-0.2, -0.15) is 0 Å². The van der Waals surface area contributed by atoms with E-state index in [9.17, 15) is 5.21 Å². The lowest BCUT2D eigenvalue weighted by Gasteiger charge is -2.04. The van der Waals surface area contributed by atoms with Gasteiger partial charge in [-0.05, 0) is 23.6 Å². The summed E-state index contributed by atoms with van der Waals surface area (Å²) in [5, 5.41) is 15.8. The molecule has 2 aromatic rings. The molecule has 0 aliphatic heterocycles. The van der Waals surface area contributed by atoms with Gasteiger partial charge in [-0.15, -0.1) is 0 Å². The van der Waals surface area contributed by atoms with E-state index in [0.29, 0.717) is 15.6 Å². The van der Waals surface area contributed by atoms with E-state index in [-0.39, 0.29) is 5.44 Å². The first kappa shape index (κ1) is 11.9. The standard InChI is InChI=1S/C11H12N2O3S/c1-8(15-2)17-11-10(13(14)16-12-11)9-6-4-3-5-7-9/h3-8H,1-2H3. The molecule has 0 spiro atoms. The van der Waals surface area contributed by atoms with Crippen LogP contribution in [0.2, 0.25) is 0 Å². The molecule has 0 saturated heterocycles. The Labute approximate surface area is 103 Å². The number of nitrogens with zero attached hydrogens (tertiary/aromatic N) is 2. The molecule has 2 rings (SSSR count). The van der Waals surface area contributed by atoms with Crippen LogP contribution in [0.1, 0.15) is 6.92 Å². The van der Waals surface area contributed by atoms with Crippen molar-refractivity contribution in [1.29, 1.82) is 0 Å². The summed E-state index contributed by atoms with van der Waals surface area (Å²) >= 11 is 1.34. The summed E-state index contributed by atoms with van der Waals surface area (Å²) < 4.78 is 9.75. The molecule has 5 nitrogen and oxygen atoms in total. The first-order valence-corrected chi connectivity index (χ1v) is 5.95. The number of hydrogen-bond donors (Lipinski definition) is 0. The number of thioether (sulfide) groups is 1.